The maximum Gasteiger partial charge on any atom is 0.255 e. The van der Waals surface area contributed by atoms with Crippen molar-refractivity contribution in [2.45, 2.75) is 19.8 Å². The Morgan fingerprint density at radius 3 is 2.28 bits per heavy atom. The third-order valence-corrected chi connectivity index (χ3v) is 3.56. The standard InChI is InChI=1S/C19H22N2O4/c1-4-5-18(22)20-14-8-6-13(7-9-14)19(23)21-16-12-15(24-2)10-11-17(16)25-3/h6-12H,4-5H2,1-3H3,(H,20,22)(H,21,23). The zero-order valence-electron chi connectivity index (χ0n) is 14.6. The van der Waals surface area contributed by atoms with E-state index in [9.17, 15) is 9.59 Å². The first-order valence-electron chi connectivity index (χ1n) is 8.00. The summed E-state index contributed by atoms with van der Waals surface area (Å²) < 4.78 is 10.4. The van der Waals surface area contributed by atoms with Gasteiger partial charge in [-0.2, -0.15) is 0 Å². The van der Waals surface area contributed by atoms with Gasteiger partial charge in [0.2, 0.25) is 5.91 Å². The molecule has 6 nitrogen and oxygen atoms in total. The predicted molar refractivity (Wildman–Crippen MR) is 97.5 cm³/mol. The van der Waals surface area contributed by atoms with Crippen molar-refractivity contribution >= 4 is 23.2 Å². The van der Waals surface area contributed by atoms with E-state index < -0.39 is 0 Å². The number of rotatable bonds is 7. The second kappa shape index (κ2) is 8.73. The summed E-state index contributed by atoms with van der Waals surface area (Å²) in [5.74, 6) is 0.835. The van der Waals surface area contributed by atoms with Crippen LogP contribution in [0.4, 0.5) is 11.4 Å². The van der Waals surface area contributed by atoms with Gasteiger partial charge in [0.1, 0.15) is 11.5 Å². The highest BCUT2D eigenvalue weighted by Crippen LogP contribution is 2.29. The van der Waals surface area contributed by atoms with E-state index in [2.05, 4.69) is 10.6 Å². The molecule has 0 aromatic heterocycles. The number of carbonyl (C=O) groups excluding carboxylic acids is 2. The summed E-state index contributed by atoms with van der Waals surface area (Å²) in [7, 11) is 3.09. The second-order valence-electron chi connectivity index (χ2n) is 5.40. The Kier molecular flexibility index (Phi) is 6.39. The largest absolute Gasteiger partial charge is 0.497 e. The molecule has 0 radical (unpaired) electrons. The van der Waals surface area contributed by atoms with Gasteiger partial charge in [-0.05, 0) is 42.8 Å². The fraction of sp³-hybridized carbons (Fsp3) is 0.263. The topological polar surface area (TPSA) is 76.7 Å². The number of hydrogen-bond donors (Lipinski definition) is 2. The van der Waals surface area contributed by atoms with E-state index in [1.165, 1.54) is 7.11 Å². The molecule has 0 unspecified atom stereocenters. The van der Waals surface area contributed by atoms with Gasteiger partial charge in [0.05, 0.1) is 19.9 Å². The lowest BCUT2D eigenvalue weighted by atomic mass is 10.1. The van der Waals surface area contributed by atoms with Gasteiger partial charge in [-0.15, -0.1) is 0 Å². The SMILES string of the molecule is CCCC(=O)Nc1ccc(C(=O)Nc2cc(OC)ccc2OC)cc1. The number of benzene rings is 2. The molecule has 0 aliphatic rings. The normalized spacial score (nSPS) is 10.0. The molecule has 0 aliphatic carbocycles. The maximum atomic E-state index is 12.4. The van der Waals surface area contributed by atoms with Crippen LogP contribution >= 0.6 is 0 Å². The maximum absolute atomic E-state index is 12.4. The van der Waals surface area contributed by atoms with Crippen LogP contribution in [0.2, 0.25) is 0 Å². The Labute approximate surface area is 147 Å². The van der Waals surface area contributed by atoms with Crippen molar-refractivity contribution in [2.24, 2.45) is 0 Å². The van der Waals surface area contributed by atoms with Gasteiger partial charge in [-0.3, -0.25) is 9.59 Å². The zero-order chi connectivity index (χ0) is 18.2. The van der Waals surface area contributed by atoms with E-state index in [4.69, 9.17) is 9.47 Å². The summed E-state index contributed by atoms with van der Waals surface area (Å²) in [6.07, 6.45) is 1.26. The summed E-state index contributed by atoms with van der Waals surface area (Å²) in [5.41, 5.74) is 1.65. The first kappa shape index (κ1) is 18.3. The molecule has 0 saturated carbocycles. The van der Waals surface area contributed by atoms with Gasteiger partial charge >= 0.3 is 0 Å². The van der Waals surface area contributed by atoms with Crippen LogP contribution < -0.4 is 20.1 Å². The fourth-order valence-electron chi connectivity index (χ4n) is 2.26. The molecule has 0 fully saturated rings. The third-order valence-electron chi connectivity index (χ3n) is 3.56. The highest BCUT2D eigenvalue weighted by atomic mass is 16.5. The Hall–Kier alpha value is -3.02. The number of anilines is 2. The molecular formula is C19H22N2O4. The molecule has 0 heterocycles. The highest BCUT2D eigenvalue weighted by Gasteiger charge is 2.11. The number of carbonyl (C=O) groups is 2. The first-order chi connectivity index (χ1) is 12.1. The van der Waals surface area contributed by atoms with E-state index in [1.54, 1.807) is 49.6 Å². The number of nitrogens with one attached hydrogen (secondary N) is 2. The third kappa shape index (κ3) is 4.97. The van der Waals surface area contributed by atoms with E-state index >= 15 is 0 Å². The second-order valence-corrected chi connectivity index (χ2v) is 5.40. The molecule has 2 amide bonds. The smallest absolute Gasteiger partial charge is 0.255 e. The molecule has 0 aliphatic heterocycles. The lowest BCUT2D eigenvalue weighted by molar-refractivity contribution is -0.116. The molecule has 0 atom stereocenters. The van der Waals surface area contributed by atoms with Crippen LogP contribution in [-0.4, -0.2) is 26.0 Å². The molecule has 25 heavy (non-hydrogen) atoms. The van der Waals surface area contributed by atoms with Gasteiger partial charge in [0.25, 0.3) is 5.91 Å². The fourth-order valence-corrected chi connectivity index (χ4v) is 2.26. The van der Waals surface area contributed by atoms with Gasteiger partial charge in [0.15, 0.2) is 0 Å². The van der Waals surface area contributed by atoms with Gasteiger partial charge < -0.3 is 20.1 Å². The van der Waals surface area contributed by atoms with Crippen molar-refractivity contribution in [1.82, 2.24) is 0 Å². The van der Waals surface area contributed by atoms with Crippen molar-refractivity contribution in [3.63, 3.8) is 0 Å². The van der Waals surface area contributed by atoms with Crippen molar-refractivity contribution in [3.05, 3.63) is 48.0 Å². The summed E-state index contributed by atoms with van der Waals surface area (Å²) >= 11 is 0. The lowest BCUT2D eigenvalue weighted by Crippen LogP contribution is -2.14. The Balaban J connectivity index is 2.09. The summed E-state index contributed by atoms with van der Waals surface area (Å²) in [5, 5.41) is 5.59. The van der Waals surface area contributed by atoms with Gasteiger partial charge in [-0.25, -0.2) is 0 Å². The first-order valence-corrected chi connectivity index (χ1v) is 8.00. The molecule has 2 aromatic carbocycles. The van der Waals surface area contributed by atoms with Crippen molar-refractivity contribution in [1.29, 1.82) is 0 Å². The molecule has 0 spiro atoms. The zero-order valence-corrected chi connectivity index (χ0v) is 14.6. The average molecular weight is 342 g/mol. The van der Waals surface area contributed by atoms with E-state index in [0.717, 1.165) is 6.42 Å². The van der Waals surface area contributed by atoms with Crippen molar-refractivity contribution in [3.8, 4) is 11.5 Å². The number of methoxy groups -OCH3 is 2. The minimum atomic E-state index is -0.280. The highest BCUT2D eigenvalue weighted by molar-refractivity contribution is 6.05. The Morgan fingerprint density at radius 1 is 0.960 bits per heavy atom. The van der Waals surface area contributed by atoms with Gasteiger partial charge in [0, 0.05) is 23.7 Å². The van der Waals surface area contributed by atoms with Crippen LogP contribution in [0.5, 0.6) is 11.5 Å². The summed E-state index contributed by atoms with van der Waals surface area (Å²) in [6, 6.07) is 11.9. The number of amides is 2. The van der Waals surface area contributed by atoms with Gasteiger partial charge in [-0.1, -0.05) is 6.92 Å². The quantitative estimate of drug-likeness (QED) is 0.804. The van der Waals surface area contributed by atoms with E-state index in [-0.39, 0.29) is 11.8 Å². The minimum Gasteiger partial charge on any atom is -0.497 e. The molecule has 6 heteroatoms. The van der Waals surface area contributed by atoms with Crippen molar-refractivity contribution < 1.29 is 19.1 Å². The molecular weight excluding hydrogens is 320 g/mol. The summed E-state index contributed by atoms with van der Waals surface area (Å²) in [4.78, 5) is 24.0. The van der Waals surface area contributed by atoms with Crippen LogP contribution in [0.3, 0.4) is 0 Å². The van der Waals surface area contributed by atoms with Crippen LogP contribution in [0.25, 0.3) is 0 Å². The number of ether oxygens (including phenoxy) is 2. The Morgan fingerprint density at radius 2 is 1.68 bits per heavy atom. The molecule has 2 rings (SSSR count). The van der Waals surface area contributed by atoms with Crippen LogP contribution in [-0.2, 0) is 4.79 Å². The molecule has 0 saturated heterocycles. The molecule has 2 N–H and O–H groups in total. The number of hydrogen-bond acceptors (Lipinski definition) is 4. The average Bonchev–Trinajstić information content (AvgIpc) is 2.62. The van der Waals surface area contributed by atoms with Crippen LogP contribution in [0.15, 0.2) is 42.5 Å². The molecule has 2 aromatic rings. The minimum absolute atomic E-state index is 0.0409. The van der Waals surface area contributed by atoms with E-state index in [1.807, 2.05) is 6.92 Å². The summed E-state index contributed by atoms with van der Waals surface area (Å²) in [6.45, 7) is 1.94. The Bertz CT molecular complexity index is 742. The monoisotopic (exact) mass is 342 g/mol. The molecule has 132 valence electrons. The molecule has 0 bridgehead atoms. The van der Waals surface area contributed by atoms with Crippen molar-refractivity contribution in [2.75, 3.05) is 24.9 Å². The van der Waals surface area contributed by atoms with E-state index in [0.29, 0.717) is 34.9 Å². The predicted octanol–water partition coefficient (Wildman–Crippen LogP) is 3.69. The lowest BCUT2D eigenvalue weighted by Gasteiger charge is -2.12. The van der Waals surface area contributed by atoms with Crippen LogP contribution in [0.1, 0.15) is 30.1 Å². The van der Waals surface area contributed by atoms with Crippen LogP contribution in [0, 0.1) is 0 Å².